The van der Waals surface area contributed by atoms with E-state index in [0.29, 0.717) is 19.6 Å². The lowest BCUT2D eigenvalue weighted by Gasteiger charge is -2.08. The number of carbonyl (C=O) groups is 1. The molecule has 0 aliphatic heterocycles. The molecule has 0 aromatic rings. The van der Waals surface area contributed by atoms with E-state index in [1.165, 1.54) is 0 Å². The lowest BCUT2D eigenvalue weighted by atomic mass is 10.1. The van der Waals surface area contributed by atoms with Crippen molar-refractivity contribution in [3.63, 3.8) is 0 Å². The number of hydrogen-bond acceptors (Lipinski definition) is 4. The first-order chi connectivity index (χ1) is 13.0. The third kappa shape index (κ3) is 19.5. The first-order valence-electron chi connectivity index (χ1n) is 10.3. The van der Waals surface area contributed by atoms with Crippen molar-refractivity contribution >= 4 is 13.8 Å². The van der Waals surface area contributed by atoms with Gasteiger partial charge in [-0.3, -0.25) is 4.57 Å². The maximum absolute atomic E-state index is 13.3. The summed E-state index contributed by atoms with van der Waals surface area (Å²) in [5, 5.41) is 2.74. The maximum atomic E-state index is 13.3. The van der Waals surface area contributed by atoms with Crippen LogP contribution in [0.2, 0.25) is 0 Å². The summed E-state index contributed by atoms with van der Waals surface area (Å²) in [6, 6.07) is 0. The first kappa shape index (κ1) is 26.0. The molecule has 7 heteroatoms. The zero-order valence-corrected chi connectivity index (χ0v) is 17.7. The van der Waals surface area contributed by atoms with Crippen LogP contribution in [0, 0.1) is 12.3 Å². The molecule has 0 saturated heterocycles. The van der Waals surface area contributed by atoms with E-state index < -0.39 is 7.68 Å². The van der Waals surface area contributed by atoms with Crippen LogP contribution >= 0.6 is 7.68 Å². The van der Waals surface area contributed by atoms with E-state index in [0.717, 1.165) is 70.6 Å². The number of rotatable bonds is 18. The molecule has 0 radical (unpaired) electrons. The third-order valence-corrected chi connectivity index (χ3v) is 5.64. The summed E-state index contributed by atoms with van der Waals surface area (Å²) in [6.45, 7) is 2.89. The van der Waals surface area contributed by atoms with Crippen molar-refractivity contribution in [2.24, 2.45) is 0 Å². The predicted octanol–water partition coefficient (Wildman–Crippen LogP) is 6.23. The molecule has 1 amide bonds. The van der Waals surface area contributed by atoms with E-state index in [-0.39, 0.29) is 18.9 Å². The molecule has 1 atom stereocenters. The minimum atomic E-state index is -3.84. The summed E-state index contributed by atoms with van der Waals surface area (Å²) in [6.07, 6.45) is 16.3. The molecule has 158 valence electrons. The Balaban J connectivity index is 3.27. The highest BCUT2D eigenvalue weighted by Crippen LogP contribution is 2.49. The van der Waals surface area contributed by atoms with Gasteiger partial charge in [-0.2, -0.15) is 4.20 Å². The average Bonchev–Trinajstić information content (AvgIpc) is 2.62. The third-order valence-electron chi connectivity index (χ3n) is 4.14. The van der Waals surface area contributed by atoms with Gasteiger partial charge >= 0.3 is 13.8 Å². The first-order valence-corrected chi connectivity index (χ1v) is 12.0. The number of unbranched alkanes of at least 4 members (excludes halogenated alkanes) is 10. The van der Waals surface area contributed by atoms with Crippen LogP contribution < -0.4 is 5.32 Å². The monoisotopic (exact) mass is 405 g/mol. The number of alkyl carbamates (subject to hydrolysis) is 1. The Bertz CT molecular complexity index is 454. The fraction of sp³-hybridized carbons (Fsp3) is 0.850. The molecule has 0 unspecified atom stereocenters. The van der Waals surface area contributed by atoms with Gasteiger partial charge in [-0.15, -0.1) is 12.3 Å². The van der Waals surface area contributed by atoms with Gasteiger partial charge in [-0.25, -0.2) is 4.79 Å². The molecule has 0 aromatic heterocycles. The van der Waals surface area contributed by atoms with Gasteiger partial charge in [-0.05, 0) is 32.6 Å². The van der Waals surface area contributed by atoms with Crippen LogP contribution in [0.5, 0.6) is 0 Å². The highest BCUT2D eigenvalue weighted by Gasteiger charge is 2.19. The molecule has 0 aliphatic carbocycles. The zero-order chi connectivity index (χ0) is 20.2. The van der Waals surface area contributed by atoms with Crippen LogP contribution in [0.1, 0.15) is 84.0 Å². The summed E-state index contributed by atoms with van der Waals surface area (Å²) < 4.78 is 34.3. The van der Waals surface area contributed by atoms with E-state index in [1.807, 2.05) is 0 Å². The van der Waals surface area contributed by atoms with E-state index in [2.05, 4.69) is 15.8 Å². The lowest BCUT2D eigenvalue weighted by Crippen LogP contribution is -2.25. The van der Waals surface area contributed by atoms with Crippen LogP contribution in [0.4, 0.5) is 8.99 Å². The van der Waals surface area contributed by atoms with Crippen molar-refractivity contribution in [3.8, 4) is 12.3 Å². The van der Waals surface area contributed by atoms with Crippen molar-refractivity contribution in [1.82, 2.24) is 5.32 Å². The number of halogens is 1. The smallest absolute Gasteiger partial charge is 0.407 e. The van der Waals surface area contributed by atoms with Gasteiger partial charge < -0.3 is 14.6 Å². The second-order valence-electron chi connectivity index (χ2n) is 6.64. The van der Waals surface area contributed by atoms with Gasteiger partial charge in [-0.1, -0.05) is 44.9 Å². The number of terminal acetylenes is 1. The summed E-state index contributed by atoms with van der Waals surface area (Å²) in [4.78, 5) is 11.5. The van der Waals surface area contributed by atoms with Gasteiger partial charge in [0.05, 0.1) is 19.4 Å². The SMILES string of the molecule is C#CCCCCCNC(=O)OCCCCCCCCCC[P@](=O)(F)OCC. The van der Waals surface area contributed by atoms with E-state index in [4.69, 9.17) is 11.2 Å². The van der Waals surface area contributed by atoms with Gasteiger partial charge in [0, 0.05) is 13.0 Å². The Morgan fingerprint density at radius 2 is 1.59 bits per heavy atom. The Morgan fingerprint density at radius 3 is 2.22 bits per heavy atom. The van der Waals surface area contributed by atoms with Crippen LogP contribution in [-0.4, -0.2) is 32.0 Å². The van der Waals surface area contributed by atoms with Gasteiger partial charge in [0.2, 0.25) is 0 Å². The normalized spacial score (nSPS) is 12.9. The quantitative estimate of drug-likeness (QED) is 0.167. The number of hydrogen-bond donors (Lipinski definition) is 1. The van der Waals surface area contributed by atoms with E-state index in [1.54, 1.807) is 6.92 Å². The largest absolute Gasteiger partial charge is 0.450 e. The topological polar surface area (TPSA) is 64.6 Å². The highest BCUT2D eigenvalue weighted by atomic mass is 31.2. The summed E-state index contributed by atoms with van der Waals surface area (Å²) >= 11 is 0. The molecule has 0 spiro atoms. The molecule has 0 aromatic carbocycles. The average molecular weight is 405 g/mol. The van der Waals surface area contributed by atoms with Crippen molar-refractivity contribution in [3.05, 3.63) is 0 Å². The molecule has 0 aliphatic rings. The predicted molar refractivity (Wildman–Crippen MR) is 109 cm³/mol. The summed E-state index contributed by atoms with van der Waals surface area (Å²) in [7, 11) is -3.84. The summed E-state index contributed by atoms with van der Waals surface area (Å²) in [5.41, 5.74) is 0. The Hall–Kier alpha value is -1.05. The van der Waals surface area contributed by atoms with Crippen LogP contribution in [0.15, 0.2) is 0 Å². The Morgan fingerprint density at radius 1 is 1.00 bits per heavy atom. The van der Waals surface area contributed by atoms with Crippen molar-refractivity contribution in [2.45, 2.75) is 84.0 Å². The fourth-order valence-corrected chi connectivity index (χ4v) is 3.77. The fourth-order valence-electron chi connectivity index (χ4n) is 2.66. The van der Waals surface area contributed by atoms with Crippen LogP contribution in [-0.2, 0) is 13.8 Å². The second kappa shape index (κ2) is 18.3. The molecule has 0 saturated carbocycles. The van der Waals surface area contributed by atoms with E-state index >= 15 is 0 Å². The minimum absolute atomic E-state index is 0.0329. The van der Waals surface area contributed by atoms with Crippen molar-refractivity contribution < 1.29 is 22.8 Å². The molecule has 0 rings (SSSR count). The number of ether oxygens (including phenoxy) is 1. The Kier molecular flexibility index (Phi) is 17.6. The molecule has 0 heterocycles. The molecule has 5 nitrogen and oxygen atoms in total. The lowest BCUT2D eigenvalue weighted by molar-refractivity contribution is 0.143. The van der Waals surface area contributed by atoms with Crippen LogP contribution in [0.25, 0.3) is 0 Å². The number of amides is 1. The molecular formula is C20H37FNO4P. The minimum Gasteiger partial charge on any atom is -0.450 e. The van der Waals surface area contributed by atoms with Gasteiger partial charge in [0.25, 0.3) is 0 Å². The van der Waals surface area contributed by atoms with Gasteiger partial charge in [0.15, 0.2) is 0 Å². The standard InChI is InChI=1S/C20H37FNO4P/c1-3-5-6-11-14-17-22-20(23)25-18-15-12-9-7-8-10-13-16-19-27(21,24)26-4-2/h1H,4-19H2,2H3,(H,22,23)/t27-/m1/s1. The number of nitrogens with one attached hydrogen (secondary N) is 1. The van der Waals surface area contributed by atoms with Crippen LogP contribution in [0.3, 0.4) is 0 Å². The molecule has 0 bridgehead atoms. The summed E-state index contributed by atoms with van der Waals surface area (Å²) in [5.74, 6) is 2.60. The molecule has 0 fully saturated rings. The highest BCUT2D eigenvalue weighted by molar-refractivity contribution is 7.53. The van der Waals surface area contributed by atoms with Gasteiger partial charge in [0.1, 0.15) is 0 Å². The van der Waals surface area contributed by atoms with Crippen molar-refractivity contribution in [2.75, 3.05) is 25.9 Å². The van der Waals surface area contributed by atoms with Crippen molar-refractivity contribution in [1.29, 1.82) is 0 Å². The van der Waals surface area contributed by atoms with E-state index in [9.17, 15) is 13.6 Å². The maximum Gasteiger partial charge on any atom is 0.407 e. The molecule has 1 N–H and O–H groups in total. The molecule has 27 heavy (non-hydrogen) atoms. The Labute approximate surface area is 164 Å². The second-order valence-corrected chi connectivity index (χ2v) is 8.52. The zero-order valence-electron chi connectivity index (χ0n) is 16.8. The number of carbonyl (C=O) groups excluding carboxylic acids is 1. The molecular weight excluding hydrogens is 368 g/mol.